The molecule has 0 unspecified atom stereocenters. The quantitative estimate of drug-likeness (QED) is 0.463. The molecule has 31 heavy (non-hydrogen) atoms. The molecule has 0 N–H and O–H groups in total. The van der Waals surface area contributed by atoms with Crippen molar-refractivity contribution in [1.29, 1.82) is 0 Å². The van der Waals surface area contributed by atoms with E-state index in [-0.39, 0.29) is 16.9 Å². The summed E-state index contributed by atoms with van der Waals surface area (Å²) in [6.07, 6.45) is -2.56. The Kier molecular flexibility index (Phi) is 7.81. The van der Waals surface area contributed by atoms with Gasteiger partial charge in [0, 0.05) is 18.8 Å². The van der Waals surface area contributed by atoms with Crippen LogP contribution in [0.1, 0.15) is 41.5 Å². The minimum absolute atomic E-state index is 0.0243. The molecule has 0 radical (unpaired) electrons. The number of carbonyl (C=O) groups excluding carboxylic acids is 2. The van der Waals surface area contributed by atoms with Crippen LogP contribution in [0.25, 0.3) is 0 Å². The number of ether oxygens (including phenoxy) is 4. The van der Waals surface area contributed by atoms with Crippen LogP contribution in [0.15, 0.2) is 24.3 Å². The number of methoxy groups -OCH3 is 1. The highest BCUT2D eigenvalue weighted by Crippen LogP contribution is 2.41. The average molecular weight is 453 g/mol. The predicted octanol–water partition coefficient (Wildman–Crippen LogP) is 4.55. The van der Waals surface area contributed by atoms with E-state index in [0.717, 1.165) is 0 Å². The van der Waals surface area contributed by atoms with Crippen molar-refractivity contribution in [3.63, 3.8) is 0 Å². The van der Waals surface area contributed by atoms with Gasteiger partial charge in [0.25, 0.3) is 8.32 Å². The minimum atomic E-state index is -2.09. The third-order valence-electron chi connectivity index (χ3n) is 6.36. The van der Waals surface area contributed by atoms with E-state index in [1.165, 1.54) is 14.0 Å². The third kappa shape index (κ3) is 5.80. The zero-order valence-corrected chi connectivity index (χ0v) is 21.1. The van der Waals surface area contributed by atoms with Gasteiger partial charge in [0.15, 0.2) is 11.9 Å². The lowest BCUT2D eigenvalue weighted by Gasteiger charge is -2.42. The van der Waals surface area contributed by atoms with E-state index in [0.29, 0.717) is 11.5 Å². The van der Waals surface area contributed by atoms with Crippen LogP contribution in [0.4, 0.5) is 0 Å². The van der Waals surface area contributed by atoms with Crippen LogP contribution < -0.4 is 9.16 Å². The van der Waals surface area contributed by atoms with Gasteiger partial charge in [-0.3, -0.25) is 4.79 Å². The first-order valence-corrected chi connectivity index (χ1v) is 13.5. The van der Waals surface area contributed by atoms with E-state index in [4.69, 9.17) is 23.4 Å². The normalized spacial score (nSPS) is 26.7. The Morgan fingerprint density at radius 1 is 1.03 bits per heavy atom. The monoisotopic (exact) mass is 452 g/mol. The van der Waals surface area contributed by atoms with Crippen LogP contribution in [-0.4, -0.2) is 45.9 Å². The summed E-state index contributed by atoms with van der Waals surface area (Å²) in [5, 5.41) is 0.0243. The summed E-state index contributed by atoms with van der Waals surface area (Å²) >= 11 is 0. The Bertz CT molecular complexity index is 786. The molecule has 1 fully saturated rings. The van der Waals surface area contributed by atoms with E-state index in [9.17, 15) is 9.59 Å². The van der Waals surface area contributed by atoms with Crippen molar-refractivity contribution >= 4 is 20.3 Å². The van der Waals surface area contributed by atoms with Crippen molar-refractivity contribution in [2.24, 2.45) is 11.8 Å². The zero-order valence-electron chi connectivity index (χ0n) is 20.1. The Hall–Kier alpha value is -2.06. The van der Waals surface area contributed by atoms with Crippen molar-refractivity contribution in [3.05, 3.63) is 24.3 Å². The molecule has 0 aromatic heterocycles. The number of para-hydroxylation sites is 2. The molecule has 1 saturated heterocycles. The van der Waals surface area contributed by atoms with E-state index < -0.39 is 38.8 Å². The summed E-state index contributed by atoms with van der Waals surface area (Å²) in [6.45, 7) is 16.0. The van der Waals surface area contributed by atoms with Gasteiger partial charge in [0.2, 0.25) is 6.29 Å². The molecule has 1 aliphatic heterocycles. The fourth-order valence-electron chi connectivity index (χ4n) is 3.16. The molecule has 1 aromatic rings. The van der Waals surface area contributed by atoms with Crippen molar-refractivity contribution < 1.29 is 33.0 Å². The summed E-state index contributed by atoms with van der Waals surface area (Å²) in [6, 6.07) is 7.47. The molecule has 1 aliphatic rings. The minimum Gasteiger partial charge on any atom is -0.541 e. The lowest BCUT2D eigenvalue weighted by atomic mass is 9.84. The molecule has 174 valence electrons. The second kappa shape index (κ2) is 9.61. The van der Waals surface area contributed by atoms with E-state index in [1.54, 1.807) is 0 Å². The number of hydrogen-bond donors (Lipinski definition) is 0. The molecule has 1 heterocycles. The predicted molar refractivity (Wildman–Crippen MR) is 119 cm³/mol. The SMILES string of the molecule is COC(=O)[C@H]1O[C@@H](Oc2ccccc2O[Si](C)(C)C(C)(C)C)[C@H](C)[C@@H](C)[C@@H]1OC(C)=O. The van der Waals surface area contributed by atoms with Gasteiger partial charge < -0.3 is 23.4 Å². The number of rotatable bonds is 6. The molecule has 2 rings (SSSR count). The van der Waals surface area contributed by atoms with Crippen LogP contribution in [0, 0.1) is 11.8 Å². The number of esters is 2. The lowest BCUT2D eigenvalue weighted by molar-refractivity contribution is -0.243. The first-order valence-electron chi connectivity index (χ1n) is 10.6. The second-order valence-corrected chi connectivity index (χ2v) is 14.4. The molecule has 7 nitrogen and oxygen atoms in total. The maximum Gasteiger partial charge on any atom is 0.339 e. The van der Waals surface area contributed by atoms with Gasteiger partial charge in [-0.2, -0.15) is 0 Å². The summed E-state index contributed by atoms with van der Waals surface area (Å²) in [7, 11) is -0.817. The Labute approximate surface area is 186 Å². The van der Waals surface area contributed by atoms with Crippen LogP contribution in [0.5, 0.6) is 11.5 Å². The van der Waals surface area contributed by atoms with Crippen LogP contribution in [0.3, 0.4) is 0 Å². The summed E-state index contributed by atoms with van der Waals surface area (Å²) in [4.78, 5) is 23.9. The van der Waals surface area contributed by atoms with Crippen molar-refractivity contribution in [2.45, 2.75) is 78.2 Å². The maximum atomic E-state index is 12.4. The Morgan fingerprint density at radius 2 is 1.61 bits per heavy atom. The van der Waals surface area contributed by atoms with Crippen molar-refractivity contribution in [1.82, 2.24) is 0 Å². The smallest absolute Gasteiger partial charge is 0.339 e. The van der Waals surface area contributed by atoms with Gasteiger partial charge in [0.05, 0.1) is 7.11 Å². The number of carbonyl (C=O) groups is 2. The van der Waals surface area contributed by atoms with E-state index in [2.05, 4.69) is 33.9 Å². The highest BCUT2D eigenvalue weighted by atomic mass is 28.4. The molecule has 8 heteroatoms. The summed E-state index contributed by atoms with van der Waals surface area (Å²) in [5.41, 5.74) is 0. The standard InChI is InChI=1S/C23H36O7Si/c1-14-15(2)22(29-20(21(25)26-7)19(14)27-16(3)24)28-17-12-10-11-13-18(17)30-31(8,9)23(4,5)6/h10-15,19-20,22H,1-9H3/t14-,15-,19+,20+,22-/m1/s1. The highest BCUT2D eigenvalue weighted by molar-refractivity contribution is 6.74. The van der Waals surface area contributed by atoms with Gasteiger partial charge in [-0.15, -0.1) is 0 Å². The average Bonchev–Trinajstić information content (AvgIpc) is 2.67. The lowest BCUT2D eigenvalue weighted by Crippen LogP contribution is -2.55. The van der Waals surface area contributed by atoms with E-state index >= 15 is 0 Å². The topological polar surface area (TPSA) is 80.3 Å². The van der Waals surface area contributed by atoms with E-state index in [1.807, 2.05) is 38.1 Å². The molecule has 0 amide bonds. The molecule has 0 aliphatic carbocycles. The van der Waals surface area contributed by atoms with Crippen LogP contribution in [-0.2, 0) is 23.8 Å². The first kappa shape index (κ1) is 25.2. The van der Waals surface area contributed by atoms with Crippen LogP contribution in [0.2, 0.25) is 18.1 Å². The van der Waals surface area contributed by atoms with Gasteiger partial charge in [-0.25, -0.2) is 4.79 Å². The van der Waals surface area contributed by atoms with Gasteiger partial charge >= 0.3 is 11.9 Å². The zero-order chi connectivity index (χ0) is 23.6. The molecular formula is C23H36O7Si. The van der Waals surface area contributed by atoms with Crippen molar-refractivity contribution in [3.8, 4) is 11.5 Å². The number of hydrogen-bond acceptors (Lipinski definition) is 7. The fourth-order valence-corrected chi connectivity index (χ4v) is 4.18. The molecule has 0 spiro atoms. The molecule has 0 saturated carbocycles. The largest absolute Gasteiger partial charge is 0.541 e. The fraction of sp³-hybridized carbons (Fsp3) is 0.652. The molecule has 5 atom stereocenters. The first-order chi connectivity index (χ1) is 14.3. The Balaban J connectivity index is 2.30. The maximum absolute atomic E-state index is 12.4. The molecule has 0 bridgehead atoms. The molecule has 1 aromatic carbocycles. The Morgan fingerprint density at radius 3 is 2.13 bits per heavy atom. The molecular weight excluding hydrogens is 416 g/mol. The second-order valence-electron chi connectivity index (χ2n) is 9.67. The summed E-state index contributed by atoms with van der Waals surface area (Å²) in [5.74, 6) is -0.245. The summed E-state index contributed by atoms with van der Waals surface area (Å²) < 4.78 is 28.9. The van der Waals surface area contributed by atoms with Gasteiger partial charge in [-0.05, 0) is 30.3 Å². The van der Waals surface area contributed by atoms with Crippen molar-refractivity contribution in [2.75, 3.05) is 7.11 Å². The third-order valence-corrected chi connectivity index (χ3v) is 10.7. The highest BCUT2D eigenvalue weighted by Gasteiger charge is 2.48. The number of benzene rings is 1. The van der Waals surface area contributed by atoms with Crippen LogP contribution >= 0.6 is 0 Å². The van der Waals surface area contributed by atoms with Gasteiger partial charge in [-0.1, -0.05) is 46.8 Å². The van der Waals surface area contributed by atoms with Gasteiger partial charge in [0.1, 0.15) is 11.9 Å².